The van der Waals surface area contributed by atoms with Crippen LogP contribution in [-0.2, 0) is 0 Å². The van der Waals surface area contributed by atoms with Crippen LogP contribution >= 0.6 is 0 Å². The molecule has 8 heteroatoms. The molecule has 1 saturated heterocycles. The molecule has 5 nitrogen and oxygen atoms in total. The Balaban J connectivity index is 1.57. The van der Waals surface area contributed by atoms with Crippen molar-refractivity contribution in [3.05, 3.63) is 69.8 Å². The summed E-state index contributed by atoms with van der Waals surface area (Å²) in [7, 11) is 0. The summed E-state index contributed by atoms with van der Waals surface area (Å²) < 4.78 is 41.8. The maximum Gasteiger partial charge on any atom is 0.574 e. The molecule has 4 rings (SSSR count). The van der Waals surface area contributed by atoms with Crippen molar-refractivity contribution in [1.29, 1.82) is 0 Å². The van der Waals surface area contributed by atoms with Crippen LogP contribution in [0.5, 0.6) is 5.88 Å². The van der Waals surface area contributed by atoms with Gasteiger partial charge in [0.25, 0.3) is 5.91 Å². The van der Waals surface area contributed by atoms with Gasteiger partial charge in [-0.2, -0.15) is 0 Å². The third-order valence-corrected chi connectivity index (χ3v) is 5.97. The van der Waals surface area contributed by atoms with Gasteiger partial charge in [0.1, 0.15) is 0 Å². The number of alkyl halides is 3. The molecule has 2 aromatic carbocycles. The van der Waals surface area contributed by atoms with Crippen molar-refractivity contribution in [1.82, 2.24) is 15.1 Å². The Morgan fingerprint density at radius 2 is 1.72 bits per heavy atom. The molecule has 1 aromatic heterocycles. The number of amides is 1. The number of rotatable bonds is 4. The first kappa shape index (κ1) is 21.9. The van der Waals surface area contributed by atoms with E-state index in [1.807, 2.05) is 26.8 Å². The number of likely N-dealkylation sites (tertiary alicyclic amines) is 1. The first-order chi connectivity index (χ1) is 15.0. The summed E-state index contributed by atoms with van der Waals surface area (Å²) in [6.07, 6.45) is -4.83. The number of benzene rings is 2. The second-order valence-electron chi connectivity index (χ2n) is 8.38. The minimum atomic E-state index is -4.83. The molecule has 1 aliphatic heterocycles. The summed E-state index contributed by atoms with van der Waals surface area (Å²) in [4.78, 5) is 15.0. The molecule has 1 amide bonds. The molecule has 0 unspecified atom stereocenters. The van der Waals surface area contributed by atoms with Gasteiger partial charge >= 0.3 is 6.36 Å². The average Bonchev–Trinajstić information content (AvgIpc) is 3.01. The van der Waals surface area contributed by atoms with Crippen LogP contribution < -0.4 is 4.74 Å². The highest BCUT2D eigenvalue weighted by atomic mass is 19.4. The number of ether oxygens (including phenoxy) is 1. The number of nitrogens with zero attached hydrogens (tertiary/aromatic N) is 2. The molecule has 0 aliphatic carbocycles. The van der Waals surface area contributed by atoms with E-state index in [9.17, 15) is 18.0 Å². The summed E-state index contributed by atoms with van der Waals surface area (Å²) in [6.45, 7) is 8.52. The summed E-state index contributed by atoms with van der Waals surface area (Å²) >= 11 is 0. The van der Waals surface area contributed by atoms with Crippen LogP contribution in [0.25, 0.3) is 11.3 Å². The number of aromatic nitrogens is 2. The van der Waals surface area contributed by atoms with Crippen molar-refractivity contribution in [3.8, 4) is 17.1 Å². The monoisotopic (exact) mass is 443 g/mol. The fraction of sp³-hybridized carbons (Fsp3) is 0.333. The molecule has 2 heterocycles. The molecular formula is C24H24F3N3O2. The normalized spacial score (nSPS) is 14.4. The Labute approximate surface area is 184 Å². The minimum Gasteiger partial charge on any atom is -0.386 e. The molecule has 3 aromatic rings. The van der Waals surface area contributed by atoms with E-state index in [4.69, 9.17) is 0 Å². The van der Waals surface area contributed by atoms with Crippen LogP contribution in [0.3, 0.4) is 0 Å². The summed E-state index contributed by atoms with van der Waals surface area (Å²) in [5, 5.41) is 6.29. The van der Waals surface area contributed by atoms with E-state index in [0.717, 1.165) is 11.1 Å². The molecule has 0 spiro atoms. The zero-order chi connectivity index (χ0) is 23.2. The van der Waals surface area contributed by atoms with Crippen molar-refractivity contribution < 1.29 is 22.7 Å². The van der Waals surface area contributed by atoms with Crippen LogP contribution in [0, 0.1) is 27.7 Å². The van der Waals surface area contributed by atoms with Gasteiger partial charge in [0.05, 0.1) is 5.69 Å². The molecular weight excluding hydrogens is 419 g/mol. The van der Waals surface area contributed by atoms with Gasteiger partial charge in [-0.3, -0.25) is 9.89 Å². The quantitative estimate of drug-likeness (QED) is 0.584. The van der Waals surface area contributed by atoms with E-state index in [1.54, 1.807) is 11.0 Å². The van der Waals surface area contributed by atoms with E-state index in [1.165, 1.54) is 18.1 Å². The largest absolute Gasteiger partial charge is 0.574 e. The highest BCUT2D eigenvalue weighted by Gasteiger charge is 2.35. The van der Waals surface area contributed by atoms with Gasteiger partial charge in [-0.15, -0.1) is 18.3 Å². The van der Waals surface area contributed by atoms with Crippen molar-refractivity contribution in [3.63, 3.8) is 0 Å². The smallest absolute Gasteiger partial charge is 0.386 e. The molecule has 1 fully saturated rings. The molecule has 0 saturated carbocycles. The van der Waals surface area contributed by atoms with Crippen LogP contribution in [0.1, 0.15) is 44.1 Å². The first-order valence-electron chi connectivity index (χ1n) is 10.3. The van der Waals surface area contributed by atoms with Gasteiger partial charge in [-0.1, -0.05) is 35.9 Å². The van der Waals surface area contributed by atoms with Gasteiger partial charge in [0.15, 0.2) is 0 Å². The maximum absolute atomic E-state index is 13.2. The number of aromatic amines is 1. The number of carbonyl (C=O) groups excluding carboxylic acids is 1. The maximum atomic E-state index is 13.2. The molecule has 32 heavy (non-hydrogen) atoms. The van der Waals surface area contributed by atoms with E-state index in [-0.39, 0.29) is 11.5 Å². The molecule has 0 bridgehead atoms. The number of halogens is 3. The van der Waals surface area contributed by atoms with Crippen molar-refractivity contribution in [2.45, 2.75) is 40.0 Å². The molecule has 1 N–H and O–H groups in total. The average molecular weight is 443 g/mol. The molecule has 0 atom stereocenters. The number of hydrogen-bond acceptors (Lipinski definition) is 3. The van der Waals surface area contributed by atoms with Crippen molar-refractivity contribution >= 4 is 5.91 Å². The third-order valence-electron chi connectivity index (χ3n) is 5.97. The topological polar surface area (TPSA) is 58.2 Å². The minimum absolute atomic E-state index is 0.0870. The molecule has 1 aliphatic rings. The Bertz CT molecular complexity index is 1160. The van der Waals surface area contributed by atoms with Gasteiger partial charge in [-0.25, -0.2) is 0 Å². The standard InChI is InChI=1S/C24H24F3N3O2/c1-13-5-7-17(8-6-13)18-11-30(12-18)23(31)20-10-19(14(2)9-15(20)3)21-16(4)22(29-28-21)32-24(25,26)27/h5-10,18H,11-12H2,1-4H3,(H,28,29). The zero-order valence-electron chi connectivity index (χ0n) is 18.3. The van der Waals surface area contributed by atoms with Gasteiger partial charge in [0, 0.05) is 35.7 Å². The Morgan fingerprint density at radius 3 is 2.34 bits per heavy atom. The Morgan fingerprint density at radius 1 is 1.06 bits per heavy atom. The lowest BCUT2D eigenvalue weighted by atomic mass is 9.89. The van der Waals surface area contributed by atoms with E-state index < -0.39 is 12.2 Å². The zero-order valence-corrected chi connectivity index (χ0v) is 18.3. The summed E-state index contributed by atoms with van der Waals surface area (Å²) in [5.74, 6) is -0.304. The fourth-order valence-corrected chi connectivity index (χ4v) is 4.07. The van der Waals surface area contributed by atoms with Crippen molar-refractivity contribution in [2.24, 2.45) is 0 Å². The SMILES string of the molecule is Cc1ccc(C2CN(C(=O)c3cc(-c4[nH]nc(OC(F)(F)F)c4C)c(C)cc3C)C2)cc1. The number of carbonyl (C=O) groups is 1. The lowest BCUT2D eigenvalue weighted by Gasteiger charge is -2.40. The van der Waals surface area contributed by atoms with Crippen LogP contribution in [-0.4, -0.2) is 40.5 Å². The molecule has 0 radical (unpaired) electrons. The van der Waals surface area contributed by atoms with Crippen LogP contribution in [0.2, 0.25) is 0 Å². The van der Waals surface area contributed by atoms with Gasteiger partial charge in [-0.05, 0) is 50.5 Å². The third kappa shape index (κ3) is 4.22. The fourth-order valence-electron chi connectivity index (χ4n) is 4.07. The van der Waals surface area contributed by atoms with Crippen molar-refractivity contribution in [2.75, 3.05) is 13.1 Å². The van der Waals surface area contributed by atoms with Crippen LogP contribution in [0.4, 0.5) is 13.2 Å². The van der Waals surface area contributed by atoms with E-state index >= 15 is 0 Å². The van der Waals surface area contributed by atoms with Gasteiger partial charge < -0.3 is 9.64 Å². The van der Waals surface area contributed by atoms with Crippen LogP contribution in [0.15, 0.2) is 36.4 Å². The van der Waals surface area contributed by atoms with E-state index in [2.05, 4.69) is 39.2 Å². The predicted octanol–water partition coefficient (Wildman–Crippen LogP) is 5.45. The summed E-state index contributed by atoms with van der Waals surface area (Å²) in [5.41, 5.74) is 5.84. The lowest BCUT2D eigenvalue weighted by molar-refractivity contribution is -0.276. The predicted molar refractivity (Wildman–Crippen MR) is 115 cm³/mol. The number of nitrogens with one attached hydrogen (secondary N) is 1. The Kier molecular flexibility index (Phi) is 5.48. The second-order valence-corrected chi connectivity index (χ2v) is 8.38. The number of hydrogen-bond donors (Lipinski definition) is 1. The Hall–Kier alpha value is -3.29. The highest BCUT2D eigenvalue weighted by Crippen LogP contribution is 2.35. The number of aryl methyl sites for hydroxylation is 3. The first-order valence-corrected chi connectivity index (χ1v) is 10.3. The van der Waals surface area contributed by atoms with E-state index in [0.29, 0.717) is 35.8 Å². The lowest BCUT2D eigenvalue weighted by Crippen LogP contribution is -2.48. The molecule has 168 valence electrons. The highest BCUT2D eigenvalue weighted by molar-refractivity contribution is 5.98. The number of H-pyrrole nitrogens is 1. The summed E-state index contributed by atoms with van der Waals surface area (Å²) in [6, 6.07) is 11.9. The second kappa shape index (κ2) is 8.00. The van der Waals surface area contributed by atoms with Gasteiger partial charge in [0.2, 0.25) is 5.88 Å².